The molecular weight excluding hydrogens is 310 g/mol. The zero-order valence-corrected chi connectivity index (χ0v) is 14.7. The molecule has 3 heterocycles. The summed E-state index contributed by atoms with van der Waals surface area (Å²) in [5, 5.41) is 0. The standard InChI is InChI=1S/C16H23N5OS/c1-11-15(23-10-18-11)9-20(3)7-13-4-5-21(8-13)16(22)14-6-17-12(2)19-14/h6,10,13H,4-5,7-9H2,1-3H3,(H,17,19)/t13-/m0/s1. The number of likely N-dealkylation sites (tertiary alicyclic amines) is 1. The van der Waals surface area contributed by atoms with Crippen LogP contribution in [0.25, 0.3) is 0 Å². The van der Waals surface area contributed by atoms with Gasteiger partial charge in [-0.1, -0.05) is 0 Å². The Kier molecular flexibility index (Phi) is 4.77. The molecule has 1 fully saturated rings. The van der Waals surface area contributed by atoms with E-state index in [-0.39, 0.29) is 5.91 Å². The molecule has 0 radical (unpaired) electrons. The van der Waals surface area contributed by atoms with Crippen LogP contribution < -0.4 is 0 Å². The number of hydrogen-bond acceptors (Lipinski definition) is 5. The minimum atomic E-state index is 0.0639. The van der Waals surface area contributed by atoms with Gasteiger partial charge in [0, 0.05) is 31.1 Å². The summed E-state index contributed by atoms with van der Waals surface area (Å²) in [5.41, 5.74) is 3.62. The smallest absolute Gasteiger partial charge is 0.271 e. The molecule has 6 nitrogen and oxygen atoms in total. The van der Waals surface area contributed by atoms with E-state index in [4.69, 9.17) is 0 Å². The van der Waals surface area contributed by atoms with Gasteiger partial charge < -0.3 is 14.8 Å². The third-order valence-electron chi connectivity index (χ3n) is 4.33. The molecule has 2 aromatic heterocycles. The van der Waals surface area contributed by atoms with Gasteiger partial charge in [-0.2, -0.15) is 0 Å². The Morgan fingerprint density at radius 2 is 2.30 bits per heavy atom. The van der Waals surface area contributed by atoms with Gasteiger partial charge in [-0.3, -0.25) is 4.79 Å². The van der Waals surface area contributed by atoms with Gasteiger partial charge >= 0.3 is 0 Å². The number of carbonyl (C=O) groups is 1. The van der Waals surface area contributed by atoms with E-state index < -0.39 is 0 Å². The van der Waals surface area contributed by atoms with Crippen LogP contribution in [0.15, 0.2) is 11.7 Å². The van der Waals surface area contributed by atoms with Gasteiger partial charge in [0.05, 0.1) is 17.4 Å². The molecule has 0 bridgehead atoms. The molecule has 1 aliphatic heterocycles. The Morgan fingerprint density at radius 3 is 2.96 bits per heavy atom. The van der Waals surface area contributed by atoms with E-state index in [1.54, 1.807) is 17.5 Å². The van der Waals surface area contributed by atoms with Crippen LogP contribution in [0, 0.1) is 19.8 Å². The van der Waals surface area contributed by atoms with Gasteiger partial charge in [0.2, 0.25) is 0 Å². The summed E-state index contributed by atoms with van der Waals surface area (Å²) >= 11 is 1.71. The van der Waals surface area contributed by atoms with Crippen LogP contribution in [0.3, 0.4) is 0 Å². The summed E-state index contributed by atoms with van der Waals surface area (Å²) in [6.07, 6.45) is 2.69. The van der Waals surface area contributed by atoms with Crippen molar-refractivity contribution >= 4 is 17.2 Å². The van der Waals surface area contributed by atoms with Gasteiger partial charge in [0.1, 0.15) is 11.5 Å². The fourth-order valence-corrected chi connectivity index (χ4v) is 3.95. The average Bonchev–Trinajstić information content (AvgIpc) is 3.22. The molecule has 124 valence electrons. The molecule has 2 aromatic rings. The van der Waals surface area contributed by atoms with E-state index in [1.807, 2.05) is 17.3 Å². The number of nitrogens with one attached hydrogen (secondary N) is 1. The van der Waals surface area contributed by atoms with Crippen molar-refractivity contribution < 1.29 is 4.79 Å². The van der Waals surface area contributed by atoms with E-state index >= 15 is 0 Å². The molecule has 1 amide bonds. The lowest BCUT2D eigenvalue weighted by Crippen LogP contribution is -2.31. The Labute approximate surface area is 140 Å². The van der Waals surface area contributed by atoms with Crippen LogP contribution in [0.5, 0.6) is 0 Å². The monoisotopic (exact) mass is 333 g/mol. The molecule has 3 rings (SSSR count). The van der Waals surface area contributed by atoms with Crippen LogP contribution in [0.1, 0.15) is 33.3 Å². The Morgan fingerprint density at radius 1 is 1.48 bits per heavy atom. The molecule has 1 N–H and O–H groups in total. The number of rotatable bonds is 5. The first-order chi connectivity index (χ1) is 11.0. The highest BCUT2D eigenvalue weighted by atomic mass is 32.1. The third kappa shape index (κ3) is 3.79. The summed E-state index contributed by atoms with van der Waals surface area (Å²) in [6, 6.07) is 0. The normalized spacial score (nSPS) is 18.1. The quantitative estimate of drug-likeness (QED) is 0.910. The van der Waals surface area contributed by atoms with E-state index in [2.05, 4.69) is 33.8 Å². The molecule has 0 spiro atoms. The summed E-state index contributed by atoms with van der Waals surface area (Å²) in [5.74, 6) is 1.37. The van der Waals surface area contributed by atoms with Gasteiger partial charge in [-0.25, -0.2) is 9.97 Å². The highest BCUT2D eigenvalue weighted by Crippen LogP contribution is 2.21. The fraction of sp³-hybridized carbons (Fsp3) is 0.562. The number of aromatic amines is 1. The van der Waals surface area contributed by atoms with Crippen molar-refractivity contribution in [3.05, 3.63) is 33.8 Å². The minimum absolute atomic E-state index is 0.0639. The van der Waals surface area contributed by atoms with Crippen LogP contribution in [-0.4, -0.2) is 57.3 Å². The van der Waals surface area contributed by atoms with Crippen molar-refractivity contribution in [1.82, 2.24) is 24.8 Å². The summed E-state index contributed by atoms with van der Waals surface area (Å²) in [4.78, 5) is 29.5. The van der Waals surface area contributed by atoms with E-state index in [0.29, 0.717) is 11.6 Å². The predicted molar refractivity (Wildman–Crippen MR) is 90.5 cm³/mol. The highest BCUT2D eigenvalue weighted by Gasteiger charge is 2.28. The largest absolute Gasteiger partial charge is 0.338 e. The maximum atomic E-state index is 12.4. The summed E-state index contributed by atoms with van der Waals surface area (Å²) < 4.78 is 0. The molecule has 7 heteroatoms. The van der Waals surface area contributed by atoms with Crippen molar-refractivity contribution in [1.29, 1.82) is 0 Å². The number of thiazole rings is 1. The van der Waals surface area contributed by atoms with Crippen molar-refractivity contribution in [2.75, 3.05) is 26.7 Å². The molecule has 0 saturated carbocycles. The van der Waals surface area contributed by atoms with Crippen molar-refractivity contribution in [2.45, 2.75) is 26.8 Å². The van der Waals surface area contributed by atoms with Crippen LogP contribution in [-0.2, 0) is 6.54 Å². The topological polar surface area (TPSA) is 65.1 Å². The number of H-pyrrole nitrogens is 1. The number of imidazole rings is 1. The second-order valence-electron chi connectivity index (χ2n) is 6.35. The molecule has 1 atom stereocenters. The van der Waals surface area contributed by atoms with Crippen molar-refractivity contribution in [3.63, 3.8) is 0 Å². The van der Waals surface area contributed by atoms with Gasteiger partial charge in [-0.05, 0) is 33.2 Å². The molecule has 23 heavy (non-hydrogen) atoms. The summed E-state index contributed by atoms with van der Waals surface area (Å²) in [6.45, 7) is 7.50. The van der Waals surface area contributed by atoms with Crippen molar-refractivity contribution in [2.24, 2.45) is 5.92 Å². The lowest BCUT2D eigenvalue weighted by atomic mass is 10.1. The number of aryl methyl sites for hydroxylation is 2. The van der Waals surface area contributed by atoms with Crippen LogP contribution in [0.4, 0.5) is 0 Å². The van der Waals surface area contributed by atoms with Crippen LogP contribution >= 0.6 is 11.3 Å². The molecule has 0 unspecified atom stereocenters. The number of hydrogen-bond donors (Lipinski definition) is 1. The second-order valence-corrected chi connectivity index (χ2v) is 7.29. The van der Waals surface area contributed by atoms with Gasteiger partial charge in [0.15, 0.2) is 0 Å². The number of amides is 1. The molecule has 0 aromatic carbocycles. The molecule has 0 aliphatic carbocycles. The zero-order chi connectivity index (χ0) is 16.4. The third-order valence-corrected chi connectivity index (χ3v) is 5.25. The lowest BCUT2D eigenvalue weighted by Gasteiger charge is -2.21. The first-order valence-corrected chi connectivity index (χ1v) is 8.79. The first kappa shape index (κ1) is 16.1. The molecule has 1 saturated heterocycles. The predicted octanol–water partition coefficient (Wildman–Crippen LogP) is 2.08. The summed E-state index contributed by atoms with van der Waals surface area (Å²) in [7, 11) is 2.14. The van der Waals surface area contributed by atoms with E-state index in [0.717, 1.165) is 44.1 Å². The number of aromatic nitrogens is 3. The molecular formula is C16H23N5OS. The maximum Gasteiger partial charge on any atom is 0.271 e. The molecule has 1 aliphatic rings. The Bertz CT molecular complexity index is 680. The SMILES string of the molecule is Cc1ncc(C(=O)N2CC[C@@H](CN(C)Cc3scnc3C)C2)[nH]1. The average molecular weight is 333 g/mol. The number of carbonyl (C=O) groups excluding carboxylic acids is 1. The first-order valence-electron chi connectivity index (χ1n) is 7.91. The Balaban J connectivity index is 1.51. The minimum Gasteiger partial charge on any atom is -0.338 e. The highest BCUT2D eigenvalue weighted by molar-refractivity contribution is 7.09. The van der Waals surface area contributed by atoms with Gasteiger partial charge in [0.25, 0.3) is 5.91 Å². The van der Waals surface area contributed by atoms with Gasteiger partial charge in [-0.15, -0.1) is 11.3 Å². The van der Waals surface area contributed by atoms with Crippen LogP contribution in [0.2, 0.25) is 0 Å². The van der Waals surface area contributed by atoms with E-state index in [9.17, 15) is 4.79 Å². The second kappa shape index (κ2) is 6.80. The van der Waals surface area contributed by atoms with Crippen molar-refractivity contribution in [3.8, 4) is 0 Å². The Hall–Kier alpha value is -1.73. The lowest BCUT2D eigenvalue weighted by molar-refractivity contribution is 0.0779. The zero-order valence-electron chi connectivity index (χ0n) is 13.9. The fourth-order valence-electron chi connectivity index (χ4n) is 3.09. The number of nitrogens with zero attached hydrogens (tertiary/aromatic N) is 4. The maximum absolute atomic E-state index is 12.4. The van der Waals surface area contributed by atoms with E-state index in [1.165, 1.54) is 4.88 Å².